The van der Waals surface area contributed by atoms with E-state index in [9.17, 15) is 4.79 Å². The highest BCUT2D eigenvalue weighted by Crippen LogP contribution is 2.33. The van der Waals surface area contributed by atoms with E-state index in [1.165, 1.54) is 0 Å². The van der Waals surface area contributed by atoms with Gasteiger partial charge in [-0.1, -0.05) is 6.58 Å². The Morgan fingerprint density at radius 1 is 1.26 bits per heavy atom. The Bertz CT molecular complexity index is 714. The van der Waals surface area contributed by atoms with Gasteiger partial charge in [-0.3, -0.25) is 4.99 Å². The molecular weight excluding hydrogens is 342 g/mol. The Morgan fingerprint density at radius 2 is 1.89 bits per heavy atom. The smallest absolute Gasteiger partial charge is 0.407 e. The molecule has 2 rings (SSSR count). The van der Waals surface area contributed by atoms with E-state index in [0.717, 1.165) is 36.8 Å². The van der Waals surface area contributed by atoms with Gasteiger partial charge in [0.15, 0.2) is 0 Å². The number of alkyl carbamates (subject to hydrolysis) is 1. The molecule has 0 heterocycles. The molecule has 1 saturated carbocycles. The van der Waals surface area contributed by atoms with E-state index in [-0.39, 0.29) is 18.2 Å². The molecule has 0 unspecified atom stereocenters. The number of benzene rings is 1. The second-order valence-corrected chi connectivity index (χ2v) is 7.99. The van der Waals surface area contributed by atoms with Gasteiger partial charge >= 0.3 is 6.09 Å². The number of hydrogen-bond acceptors (Lipinski definition) is 5. The molecule has 0 spiro atoms. The maximum atomic E-state index is 11.9. The van der Waals surface area contributed by atoms with Crippen LogP contribution in [0.2, 0.25) is 0 Å². The second-order valence-electron chi connectivity index (χ2n) is 7.99. The largest absolute Gasteiger partial charge is 0.488 e. The van der Waals surface area contributed by atoms with Crippen LogP contribution in [0.5, 0.6) is 5.75 Å². The standard InChI is InChI=1S/C21H31N3O3/c1-13-17(14(2)23-6)11-12-18(19(13)22)26-16-9-7-15(8-10-16)24-20(25)27-21(3,4)5/h11-12,15-16H,2,6-10,22H2,1,3-5H3,(H,24,25). The minimum Gasteiger partial charge on any atom is -0.488 e. The number of nitrogens with two attached hydrogens (primary N) is 1. The van der Waals surface area contributed by atoms with Gasteiger partial charge in [0.1, 0.15) is 11.4 Å². The molecule has 1 fully saturated rings. The second kappa shape index (κ2) is 8.46. The van der Waals surface area contributed by atoms with E-state index in [0.29, 0.717) is 17.1 Å². The number of anilines is 1. The van der Waals surface area contributed by atoms with Gasteiger partial charge in [0.25, 0.3) is 0 Å². The summed E-state index contributed by atoms with van der Waals surface area (Å²) in [5.74, 6) is 0.677. The zero-order valence-electron chi connectivity index (χ0n) is 16.8. The molecule has 6 heteroatoms. The number of carbonyl (C=O) groups excluding carboxylic acids is 1. The van der Waals surface area contributed by atoms with E-state index >= 15 is 0 Å². The number of hydrogen-bond donors (Lipinski definition) is 2. The lowest BCUT2D eigenvalue weighted by Crippen LogP contribution is -2.42. The number of nitrogens with zero attached hydrogens (tertiary/aromatic N) is 1. The van der Waals surface area contributed by atoms with E-state index < -0.39 is 5.60 Å². The Balaban J connectivity index is 1.91. The first-order valence-electron chi connectivity index (χ1n) is 9.32. The van der Waals surface area contributed by atoms with Crippen molar-refractivity contribution >= 4 is 24.2 Å². The third-order valence-corrected chi connectivity index (χ3v) is 4.67. The molecule has 0 aliphatic heterocycles. The van der Waals surface area contributed by atoms with Crippen LogP contribution in [0.15, 0.2) is 23.7 Å². The summed E-state index contributed by atoms with van der Waals surface area (Å²) in [5.41, 5.74) is 8.72. The van der Waals surface area contributed by atoms with Crippen molar-refractivity contribution in [2.45, 2.75) is 71.1 Å². The summed E-state index contributed by atoms with van der Waals surface area (Å²) in [7, 11) is 0. The Labute approximate surface area is 161 Å². The van der Waals surface area contributed by atoms with Crippen molar-refractivity contribution in [3.05, 3.63) is 29.8 Å². The molecule has 1 aromatic rings. The average molecular weight is 373 g/mol. The lowest BCUT2D eigenvalue weighted by atomic mass is 9.93. The van der Waals surface area contributed by atoms with Gasteiger partial charge in [-0.15, -0.1) is 0 Å². The van der Waals surface area contributed by atoms with Crippen molar-refractivity contribution < 1.29 is 14.3 Å². The molecule has 1 aliphatic carbocycles. The summed E-state index contributed by atoms with van der Waals surface area (Å²) in [6.45, 7) is 14.9. The van der Waals surface area contributed by atoms with Crippen molar-refractivity contribution in [2.75, 3.05) is 5.73 Å². The summed E-state index contributed by atoms with van der Waals surface area (Å²) in [6, 6.07) is 3.88. The fourth-order valence-electron chi connectivity index (χ4n) is 3.18. The minimum absolute atomic E-state index is 0.0787. The van der Waals surface area contributed by atoms with E-state index in [1.807, 2.05) is 39.8 Å². The van der Waals surface area contributed by atoms with Crippen molar-refractivity contribution in [3.8, 4) is 5.75 Å². The van der Waals surface area contributed by atoms with Crippen LogP contribution in [-0.4, -0.2) is 30.6 Å². The zero-order valence-corrected chi connectivity index (χ0v) is 16.8. The summed E-state index contributed by atoms with van der Waals surface area (Å²) >= 11 is 0. The average Bonchev–Trinajstić information content (AvgIpc) is 2.58. The first-order chi connectivity index (χ1) is 12.6. The SMILES string of the molecule is C=NC(=C)c1ccc(OC2CCC(NC(=O)OC(C)(C)C)CC2)c(N)c1C. The number of carbonyl (C=O) groups is 1. The van der Waals surface area contributed by atoms with Crippen LogP contribution in [0.25, 0.3) is 5.70 Å². The zero-order chi connectivity index (χ0) is 20.2. The van der Waals surface area contributed by atoms with Crippen LogP contribution in [0, 0.1) is 6.92 Å². The van der Waals surface area contributed by atoms with Gasteiger partial charge in [0.2, 0.25) is 0 Å². The van der Waals surface area contributed by atoms with Crippen molar-refractivity contribution in [2.24, 2.45) is 4.99 Å². The lowest BCUT2D eigenvalue weighted by Gasteiger charge is -2.30. The molecule has 6 nitrogen and oxygen atoms in total. The fourth-order valence-corrected chi connectivity index (χ4v) is 3.18. The molecule has 0 saturated heterocycles. The normalized spacial score (nSPS) is 19.9. The van der Waals surface area contributed by atoms with Gasteiger partial charge in [-0.25, -0.2) is 4.79 Å². The Morgan fingerprint density at radius 3 is 2.44 bits per heavy atom. The van der Waals surface area contributed by atoms with E-state index in [2.05, 4.69) is 23.6 Å². The number of nitrogens with one attached hydrogen (secondary N) is 1. The van der Waals surface area contributed by atoms with Crippen LogP contribution in [0.4, 0.5) is 10.5 Å². The van der Waals surface area contributed by atoms with Gasteiger partial charge in [-0.2, -0.15) is 0 Å². The van der Waals surface area contributed by atoms with Crippen molar-refractivity contribution in [1.29, 1.82) is 0 Å². The molecule has 1 aromatic carbocycles. The maximum Gasteiger partial charge on any atom is 0.407 e. The van der Waals surface area contributed by atoms with Crippen LogP contribution < -0.4 is 15.8 Å². The van der Waals surface area contributed by atoms with Gasteiger partial charge in [0.05, 0.1) is 17.5 Å². The molecule has 27 heavy (non-hydrogen) atoms. The third-order valence-electron chi connectivity index (χ3n) is 4.67. The molecule has 1 aliphatic rings. The fraction of sp³-hybridized carbons (Fsp3) is 0.524. The predicted octanol–water partition coefficient (Wildman–Crippen LogP) is 4.46. The first kappa shape index (κ1) is 20.8. The molecule has 1 amide bonds. The molecule has 148 valence electrons. The molecule has 0 bridgehead atoms. The highest BCUT2D eigenvalue weighted by Gasteiger charge is 2.26. The van der Waals surface area contributed by atoms with Gasteiger partial charge in [-0.05, 0) is 77.8 Å². The van der Waals surface area contributed by atoms with Gasteiger partial charge < -0.3 is 20.5 Å². The van der Waals surface area contributed by atoms with Crippen LogP contribution in [0.1, 0.15) is 57.6 Å². The summed E-state index contributed by atoms with van der Waals surface area (Å²) in [6.07, 6.45) is 3.10. The molecular formula is C21H31N3O3. The highest BCUT2D eigenvalue weighted by molar-refractivity contribution is 5.75. The molecule has 0 atom stereocenters. The number of ether oxygens (including phenoxy) is 2. The number of aliphatic imine (C=N–C) groups is 1. The number of amides is 1. The quantitative estimate of drug-likeness (QED) is 0.589. The van der Waals surface area contributed by atoms with Crippen LogP contribution in [0.3, 0.4) is 0 Å². The van der Waals surface area contributed by atoms with Crippen LogP contribution in [-0.2, 0) is 4.74 Å². The summed E-state index contributed by atoms with van der Waals surface area (Å²) < 4.78 is 11.4. The molecule has 3 N–H and O–H groups in total. The third kappa shape index (κ3) is 5.74. The van der Waals surface area contributed by atoms with E-state index in [4.69, 9.17) is 15.2 Å². The molecule has 0 radical (unpaired) electrons. The summed E-state index contributed by atoms with van der Waals surface area (Å²) in [5, 5.41) is 2.94. The molecule has 0 aromatic heterocycles. The Hall–Kier alpha value is -2.50. The monoisotopic (exact) mass is 373 g/mol. The van der Waals surface area contributed by atoms with Crippen LogP contribution >= 0.6 is 0 Å². The minimum atomic E-state index is -0.488. The maximum absolute atomic E-state index is 11.9. The van der Waals surface area contributed by atoms with Crippen molar-refractivity contribution in [3.63, 3.8) is 0 Å². The first-order valence-corrected chi connectivity index (χ1v) is 9.32. The Kier molecular flexibility index (Phi) is 6.52. The predicted molar refractivity (Wildman–Crippen MR) is 110 cm³/mol. The van der Waals surface area contributed by atoms with Gasteiger partial charge in [0, 0.05) is 11.6 Å². The topological polar surface area (TPSA) is 85.9 Å². The van der Waals surface area contributed by atoms with E-state index in [1.54, 1.807) is 0 Å². The lowest BCUT2D eigenvalue weighted by molar-refractivity contribution is 0.0471. The number of rotatable bonds is 5. The summed E-state index contributed by atoms with van der Waals surface area (Å²) in [4.78, 5) is 15.8. The van der Waals surface area contributed by atoms with Crippen molar-refractivity contribution in [1.82, 2.24) is 5.32 Å². The number of nitrogen functional groups attached to an aromatic ring is 1. The highest BCUT2D eigenvalue weighted by atomic mass is 16.6.